The van der Waals surface area contributed by atoms with Crippen LogP contribution in [-0.2, 0) is 4.79 Å². The summed E-state index contributed by atoms with van der Waals surface area (Å²) in [5.41, 5.74) is -0.0278. The maximum Gasteiger partial charge on any atom is 0.143 e. The van der Waals surface area contributed by atoms with Crippen LogP contribution in [0.25, 0.3) is 0 Å². The third-order valence-corrected chi connectivity index (χ3v) is 2.73. The van der Waals surface area contributed by atoms with Crippen LogP contribution in [0, 0.1) is 11.3 Å². The second kappa shape index (κ2) is 1.28. The lowest BCUT2D eigenvalue weighted by Crippen LogP contribution is -2.31. The van der Waals surface area contributed by atoms with Gasteiger partial charge in [-0.25, -0.2) is 0 Å². The zero-order chi connectivity index (χ0) is 6.48. The maximum absolute atomic E-state index is 11.1. The van der Waals surface area contributed by atoms with E-state index in [2.05, 4.69) is 6.08 Å². The van der Waals surface area contributed by atoms with E-state index in [1.165, 1.54) is 0 Å². The van der Waals surface area contributed by atoms with Crippen LogP contribution in [0.4, 0.5) is 0 Å². The van der Waals surface area contributed by atoms with Crippen LogP contribution in [0.1, 0.15) is 19.8 Å². The van der Waals surface area contributed by atoms with Gasteiger partial charge in [0.15, 0.2) is 0 Å². The smallest absolute Gasteiger partial charge is 0.143 e. The first kappa shape index (κ1) is 5.21. The van der Waals surface area contributed by atoms with E-state index in [-0.39, 0.29) is 5.41 Å². The van der Waals surface area contributed by atoms with E-state index in [4.69, 9.17) is 0 Å². The molecule has 2 rings (SSSR count). The molecule has 0 bridgehead atoms. The molecular weight excluding hydrogens is 112 g/mol. The topological polar surface area (TPSA) is 17.1 Å². The molecule has 0 aliphatic heterocycles. The number of hydrogen-bond acceptors (Lipinski definition) is 1. The van der Waals surface area contributed by atoms with Crippen molar-refractivity contribution < 1.29 is 4.79 Å². The molecule has 1 saturated carbocycles. The van der Waals surface area contributed by atoms with Crippen molar-refractivity contribution in [2.75, 3.05) is 0 Å². The van der Waals surface area contributed by atoms with Crippen LogP contribution < -0.4 is 0 Å². The highest BCUT2D eigenvalue weighted by molar-refractivity contribution is 5.90. The summed E-state index contributed by atoms with van der Waals surface area (Å²) in [7, 11) is 0. The summed E-state index contributed by atoms with van der Waals surface area (Å²) in [4.78, 5) is 11.1. The molecule has 0 aromatic carbocycles. The van der Waals surface area contributed by atoms with Gasteiger partial charge in [0.25, 0.3) is 0 Å². The van der Waals surface area contributed by atoms with Gasteiger partial charge in [-0.1, -0.05) is 12.2 Å². The van der Waals surface area contributed by atoms with Crippen LogP contribution in [0.3, 0.4) is 0 Å². The van der Waals surface area contributed by atoms with Gasteiger partial charge in [-0.05, 0) is 19.3 Å². The Morgan fingerprint density at radius 2 is 2.56 bits per heavy atom. The van der Waals surface area contributed by atoms with Gasteiger partial charge < -0.3 is 0 Å². The van der Waals surface area contributed by atoms with Crippen molar-refractivity contribution in [1.82, 2.24) is 0 Å². The predicted molar refractivity (Wildman–Crippen MR) is 35.0 cm³/mol. The first-order chi connectivity index (χ1) is 4.23. The highest BCUT2D eigenvalue weighted by Crippen LogP contribution is 2.48. The second-order valence-electron chi connectivity index (χ2n) is 3.21. The van der Waals surface area contributed by atoms with Gasteiger partial charge in [-0.2, -0.15) is 0 Å². The van der Waals surface area contributed by atoms with Crippen molar-refractivity contribution in [1.29, 1.82) is 0 Å². The van der Waals surface area contributed by atoms with Crippen molar-refractivity contribution in [3.63, 3.8) is 0 Å². The molecule has 1 fully saturated rings. The molecule has 1 heteroatoms. The van der Waals surface area contributed by atoms with E-state index in [1.807, 2.05) is 13.0 Å². The normalized spacial score (nSPS) is 46.8. The van der Waals surface area contributed by atoms with Crippen LogP contribution in [0.15, 0.2) is 12.2 Å². The molecule has 0 amide bonds. The highest BCUT2D eigenvalue weighted by atomic mass is 16.1. The first-order valence-corrected chi connectivity index (χ1v) is 3.46. The molecule has 0 spiro atoms. The summed E-state index contributed by atoms with van der Waals surface area (Å²) >= 11 is 0. The third-order valence-electron chi connectivity index (χ3n) is 2.73. The molecule has 2 atom stereocenters. The summed E-state index contributed by atoms with van der Waals surface area (Å²) in [5, 5.41) is 0. The van der Waals surface area contributed by atoms with Crippen LogP contribution in [-0.4, -0.2) is 5.78 Å². The van der Waals surface area contributed by atoms with E-state index >= 15 is 0 Å². The number of rotatable bonds is 0. The number of carbonyl (C=O) groups excluding carboxylic acids is 1. The van der Waals surface area contributed by atoms with Crippen molar-refractivity contribution >= 4 is 5.78 Å². The Morgan fingerprint density at radius 1 is 1.78 bits per heavy atom. The zero-order valence-corrected chi connectivity index (χ0v) is 5.55. The Bertz CT molecular complexity index is 193. The van der Waals surface area contributed by atoms with Gasteiger partial charge in [0.1, 0.15) is 5.78 Å². The van der Waals surface area contributed by atoms with Gasteiger partial charge in [-0.3, -0.25) is 4.79 Å². The van der Waals surface area contributed by atoms with E-state index < -0.39 is 0 Å². The number of carbonyl (C=O) groups is 1. The Kier molecular flexibility index (Phi) is 0.743. The summed E-state index contributed by atoms with van der Waals surface area (Å²) in [6, 6.07) is 0. The molecule has 0 unspecified atom stereocenters. The number of hydrogen-bond donors (Lipinski definition) is 0. The number of Topliss-reactive ketones (excluding diaryl/α,β-unsaturated/α-hetero) is 1. The van der Waals surface area contributed by atoms with E-state index in [0.29, 0.717) is 11.7 Å². The Morgan fingerprint density at radius 3 is 2.78 bits per heavy atom. The molecule has 2 aliphatic rings. The van der Waals surface area contributed by atoms with Gasteiger partial charge >= 0.3 is 0 Å². The van der Waals surface area contributed by atoms with E-state index in [9.17, 15) is 4.79 Å². The Hall–Kier alpha value is -0.590. The second-order valence-corrected chi connectivity index (χ2v) is 3.21. The summed E-state index contributed by atoms with van der Waals surface area (Å²) in [6.07, 6.45) is 6.10. The molecule has 0 aromatic rings. The van der Waals surface area contributed by atoms with Gasteiger partial charge in [0, 0.05) is 6.42 Å². The summed E-state index contributed by atoms with van der Waals surface area (Å²) in [5.74, 6) is 1.03. The van der Waals surface area contributed by atoms with Crippen molar-refractivity contribution in [2.24, 2.45) is 11.3 Å². The fourth-order valence-electron chi connectivity index (χ4n) is 1.77. The zero-order valence-electron chi connectivity index (χ0n) is 5.55. The molecule has 1 nitrogen and oxygen atoms in total. The number of fused-ring (bicyclic) bond motifs is 1. The molecule has 0 aromatic heterocycles. The van der Waals surface area contributed by atoms with Crippen LogP contribution in [0.2, 0.25) is 0 Å². The molecule has 9 heavy (non-hydrogen) atoms. The van der Waals surface area contributed by atoms with Crippen LogP contribution >= 0.6 is 0 Å². The molecule has 0 N–H and O–H groups in total. The van der Waals surface area contributed by atoms with Gasteiger partial charge in [0.2, 0.25) is 0 Å². The highest BCUT2D eigenvalue weighted by Gasteiger charge is 2.47. The third kappa shape index (κ3) is 0.432. The van der Waals surface area contributed by atoms with Gasteiger partial charge in [0.05, 0.1) is 5.41 Å². The van der Waals surface area contributed by atoms with Crippen molar-refractivity contribution in [3.8, 4) is 0 Å². The van der Waals surface area contributed by atoms with Crippen molar-refractivity contribution in [2.45, 2.75) is 19.8 Å². The lowest BCUT2D eigenvalue weighted by atomic mass is 9.70. The molecule has 2 aliphatic carbocycles. The van der Waals surface area contributed by atoms with Gasteiger partial charge in [-0.15, -0.1) is 0 Å². The predicted octanol–water partition coefficient (Wildman–Crippen LogP) is 1.54. The van der Waals surface area contributed by atoms with E-state index in [0.717, 1.165) is 12.8 Å². The number of allylic oxidation sites excluding steroid dienone is 2. The summed E-state index contributed by atoms with van der Waals surface area (Å²) in [6.45, 7) is 2.05. The minimum atomic E-state index is -0.0278. The minimum Gasteiger partial charge on any atom is -0.299 e. The Labute approximate surface area is 54.8 Å². The minimum absolute atomic E-state index is 0.0278. The largest absolute Gasteiger partial charge is 0.299 e. The molecule has 0 radical (unpaired) electrons. The monoisotopic (exact) mass is 122 g/mol. The maximum atomic E-state index is 11.1. The van der Waals surface area contributed by atoms with E-state index in [1.54, 1.807) is 0 Å². The fraction of sp³-hybridized carbons (Fsp3) is 0.625. The lowest BCUT2D eigenvalue weighted by Gasteiger charge is -2.32. The first-order valence-electron chi connectivity index (χ1n) is 3.46. The SMILES string of the molecule is C[C@]12C=C[C@H]1CCC2=O. The Balaban J connectivity index is 2.39. The average Bonchev–Trinajstić information content (AvgIpc) is 1.96. The quantitative estimate of drug-likeness (QED) is 0.445. The average molecular weight is 122 g/mol. The molecule has 0 saturated heterocycles. The summed E-state index contributed by atoms with van der Waals surface area (Å²) < 4.78 is 0. The lowest BCUT2D eigenvalue weighted by molar-refractivity contribution is -0.124. The number of ketones is 1. The molecular formula is C8H10O. The standard InChI is InChI=1S/C8H10O/c1-8-5-4-6(8)2-3-7(8)9/h4-6H,2-3H2,1H3/t6-,8+/m1/s1. The van der Waals surface area contributed by atoms with Crippen molar-refractivity contribution in [3.05, 3.63) is 12.2 Å². The van der Waals surface area contributed by atoms with Crippen LogP contribution in [0.5, 0.6) is 0 Å². The fourth-order valence-corrected chi connectivity index (χ4v) is 1.77. The molecule has 0 heterocycles. The molecule has 48 valence electrons.